The van der Waals surface area contributed by atoms with Gasteiger partial charge in [-0.05, 0) is 42.2 Å². The Labute approximate surface area is 138 Å². The fraction of sp³-hybridized carbons (Fsp3) is 0.278. The lowest BCUT2D eigenvalue weighted by molar-refractivity contribution is -0.137. The van der Waals surface area contributed by atoms with Crippen LogP contribution in [0.3, 0.4) is 0 Å². The molecule has 0 saturated carbocycles. The summed E-state index contributed by atoms with van der Waals surface area (Å²) in [6, 6.07) is 11.7. The molecule has 6 heteroatoms. The SMILES string of the molecule is O=C(CCc1ccccc1O)NCCc1ccc(C(F)(F)F)cc1. The Morgan fingerprint density at radius 3 is 2.29 bits per heavy atom. The number of aromatic hydroxyl groups is 1. The third kappa shape index (κ3) is 5.30. The largest absolute Gasteiger partial charge is 0.508 e. The molecule has 0 atom stereocenters. The summed E-state index contributed by atoms with van der Waals surface area (Å²) < 4.78 is 37.4. The minimum atomic E-state index is -4.34. The molecule has 0 bridgehead atoms. The van der Waals surface area contributed by atoms with E-state index in [0.717, 1.165) is 17.7 Å². The van der Waals surface area contributed by atoms with Crippen molar-refractivity contribution in [2.45, 2.75) is 25.4 Å². The summed E-state index contributed by atoms with van der Waals surface area (Å²) in [6.07, 6.45) is -3.21. The molecule has 0 unspecified atom stereocenters. The number of carbonyl (C=O) groups is 1. The minimum absolute atomic E-state index is 0.162. The van der Waals surface area contributed by atoms with Gasteiger partial charge in [-0.3, -0.25) is 4.79 Å². The molecule has 2 aromatic carbocycles. The number of aryl methyl sites for hydroxylation is 1. The smallest absolute Gasteiger partial charge is 0.416 e. The van der Waals surface area contributed by atoms with Crippen molar-refractivity contribution in [2.75, 3.05) is 6.54 Å². The first kappa shape index (κ1) is 17.8. The number of para-hydroxylation sites is 1. The van der Waals surface area contributed by atoms with Gasteiger partial charge in [-0.15, -0.1) is 0 Å². The molecule has 0 radical (unpaired) electrons. The Morgan fingerprint density at radius 2 is 1.67 bits per heavy atom. The molecule has 24 heavy (non-hydrogen) atoms. The molecule has 2 aromatic rings. The van der Waals surface area contributed by atoms with Gasteiger partial charge < -0.3 is 10.4 Å². The first-order valence-corrected chi connectivity index (χ1v) is 7.56. The van der Waals surface area contributed by atoms with Crippen molar-refractivity contribution in [2.24, 2.45) is 0 Å². The van der Waals surface area contributed by atoms with Crippen molar-refractivity contribution in [3.8, 4) is 5.75 Å². The second-order valence-corrected chi connectivity index (χ2v) is 5.42. The van der Waals surface area contributed by atoms with E-state index in [1.165, 1.54) is 12.1 Å². The number of halogens is 3. The molecule has 0 heterocycles. The normalized spacial score (nSPS) is 11.3. The molecule has 0 spiro atoms. The Bertz CT molecular complexity index is 681. The zero-order valence-corrected chi connectivity index (χ0v) is 12.9. The van der Waals surface area contributed by atoms with E-state index in [-0.39, 0.29) is 18.1 Å². The van der Waals surface area contributed by atoms with Crippen molar-refractivity contribution in [1.82, 2.24) is 5.32 Å². The molecule has 128 valence electrons. The van der Waals surface area contributed by atoms with Crippen LogP contribution in [-0.4, -0.2) is 17.6 Å². The van der Waals surface area contributed by atoms with Crippen molar-refractivity contribution in [1.29, 1.82) is 0 Å². The molecule has 0 saturated heterocycles. The summed E-state index contributed by atoms with van der Waals surface area (Å²) in [5.74, 6) is 0.000203. The predicted molar refractivity (Wildman–Crippen MR) is 84.6 cm³/mol. The van der Waals surface area contributed by atoms with Gasteiger partial charge in [0.2, 0.25) is 5.91 Å². The molecule has 0 aliphatic heterocycles. The highest BCUT2D eigenvalue weighted by atomic mass is 19.4. The number of phenols is 1. The maximum absolute atomic E-state index is 12.5. The van der Waals surface area contributed by atoms with Crippen LogP contribution < -0.4 is 5.32 Å². The summed E-state index contributed by atoms with van der Waals surface area (Å²) >= 11 is 0. The van der Waals surface area contributed by atoms with Crippen LogP contribution in [0.25, 0.3) is 0 Å². The Morgan fingerprint density at radius 1 is 1.00 bits per heavy atom. The lowest BCUT2D eigenvalue weighted by atomic mass is 10.1. The van der Waals surface area contributed by atoms with E-state index in [2.05, 4.69) is 5.32 Å². The zero-order valence-electron chi connectivity index (χ0n) is 12.9. The second kappa shape index (κ2) is 7.86. The highest BCUT2D eigenvalue weighted by molar-refractivity contribution is 5.76. The first-order valence-electron chi connectivity index (χ1n) is 7.56. The van der Waals surface area contributed by atoms with Gasteiger partial charge in [0.15, 0.2) is 0 Å². The van der Waals surface area contributed by atoms with Crippen LogP contribution in [0.1, 0.15) is 23.1 Å². The lowest BCUT2D eigenvalue weighted by Gasteiger charge is -2.09. The summed E-state index contributed by atoms with van der Waals surface area (Å²) in [7, 11) is 0. The van der Waals surface area contributed by atoms with Gasteiger partial charge in [-0.2, -0.15) is 13.2 Å². The second-order valence-electron chi connectivity index (χ2n) is 5.42. The highest BCUT2D eigenvalue weighted by Crippen LogP contribution is 2.29. The van der Waals surface area contributed by atoms with Crippen LogP contribution in [0.15, 0.2) is 48.5 Å². The topological polar surface area (TPSA) is 49.3 Å². The van der Waals surface area contributed by atoms with Crippen LogP contribution in [-0.2, 0) is 23.8 Å². The molecule has 0 aromatic heterocycles. The fourth-order valence-electron chi connectivity index (χ4n) is 2.27. The number of hydrogen-bond acceptors (Lipinski definition) is 2. The van der Waals surface area contributed by atoms with E-state index in [4.69, 9.17) is 0 Å². The third-order valence-corrected chi connectivity index (χ3v) is 3.63. The summed E-state index contributed by atoms with van der Waals surface area (Å²) in [5.41, 5.74) is 0.748. The van der Waals surface area contributed by atoms with Gasteiger partial charge in [-0.25, -0.2) is 0 Å². The van der Waals surface area contributed by atoms with Gasteiger partial charge in [0, 0.05) is 13.0 Å². The predicted octanol–water partition coefficient (Wildman–Crippen LogP) is 3.70. The van der Waals surface area contributed by atoms with Gasteiger partial charge in [-0.1, -0.05) is 30.3 Å². The number of alkyl halides is 3. The number of rotatable bonds is 6. The lowest BCUT2D eigenvalue weighted by Crippen LogP contribution is -2.25. The zero-order chi connectivity index (χ0) is 17.6. The number of benzene rings is 2. The number of hydrogen-bond donors (Lipinski definition) is 2. The summed E-state index contributed by atoms with van der Waals surface area (Å²) in [4.78, 5) is 11.8. The van der Waals surface area contributed by atoms with Crippen molar-refractivity contribution in [3.05, 3.63) is 65.2 Å². The molecular formula is C18H18F3NO2. The summed E-state index contributed by atoms with van der Waals surface area (Å²) in [5, 5.41) is 12.3. The van der Waals surface area contributed by atoms with E-state index in [1.54, 1.807) is 24.3 Å². The van der Waals surface area contributed by atoms with E-state index >= 15 is 0 Å². The van der Waals surface area contributed by atoms with E-state index < -0.39 is 11.7 Å². The number of amides is 1. The maximum atomic E-state index is 12.5. The highest BCUT2D eigenvalue weighted by Gasteiger charge is 2.29. The minimum Gasteiger partial charge on any atom is -0.508 e. The van der Waals surface area contributed by atoms with Crippen molar-refractivity contribution in [3.63, 3.8) is 0 Å². The van der Waals surface area contributed by atoms with Gasteiger partial charge in [0.25, 0.3) is 0 Å². The van der Waals surface area contributed by atoms with Crippen LogP contribution in [0.5, 0.6) is 5.75 Å². The van der Waals surface area contributed by atoms with E-state index in [9.17, 15) is 23.1 Å². The molecule has 2 N–H and O–H groups in total. The van der Waals surface area contributed by atoms with Crippen LogP contribution >= 0.6 is 0 Å². The molecule has 0 aliphatic carbocycles. The standard InChI is InChI=1S/C18H18F3NO2/c19-18(20,21)15-8-5-13(6-9-15)11-12-22-17(24)10-7-14-3-1-2-4-16(14)23/h1-6,8-9,23H,7,10-12H2,(H,22,24). The van der Waals surface area contributed by atoms with Crippen LogP contribution in [0, 0.1) is 0 Å². The van der Waals surface area contributed by atoms with Crippen LogP contribution in [0.4, 0.5) is 13.2 Å². The monoisotopic (exact) mass is 337 g/mol. The van der Waals surface area contributed by atoms with E-state index in [0.29, 0.717) is 24.9 Å². The Hall–Kier alpha value is -2.50. The third-order valence-electron chi connectivity index (χ3n) is 3.63. The first-order chi connectivity index (χ1) is 11.4. The average molecular weight is 337 g/mol. The van der Waals surface area contributed by atoms with E-state index in [1.807, 2.05) is 0 Å². The van der Waals surface area contributed by atoms with Gasteiger partial charge in [0.1, 0.15) is 5.75 Å². The number of nitrogens with one attached hydrogen (secondary N) is 1. The molecule has 3 nitrogen and oxygen atoms in total. The van der Waals surface area contributed by atoms with Crippen molar-refractivity contribution < 1.29 is 23.1 Å². The number of phenolic OH excluding ortho intramolecular Hbond substituents is 1. The molecular weight excluding hydrogens is 319 g/mol. The molecule has 2 rings (SSSR count). The van der Waals surface area contributed by atoms with Gasteiger partial charge >= 0.3 is 6.18 Å². The molecule has 0 fully saturated rings. The van der Waals surface area contributed by atoms with Crippen LogP contribution in [0.2, 0.25) is 0 Å². The molecule has 1 amide bonds. The summed E-state index contributed by atoms with van der Waals surface area (Å²) in [6.45, 7) is 0.352. The maximum Gasteiger partial charge on any atom is 0.416 e. The Balaban J connectivity index is 1.74. The quantitative estimate of drug-likeness (QED) is 0.844. The average Bonchev–Trinajstić information content (AvgIpc) is 2.54. The molecule has 0 aliphatic rings. The Kier molecular flexibility index (Phi) is 5.84. The van der Waals surface area contributed by atoms with Crippen molar-refractivity contribution >= 4 is 5.91 Å². The number of carbonyl (C=O) groups excluding carboxylic acids is 1. The van der Waals surface area contributed by atoms with Gasteiger partial charge in [0.05, 0.1) is 5.56 Å². The fourth-order valence-corrected chi connectivity index (χ4v) is 2.27.